The molecule has 7 nitrogen and oxygen atoms in total. The van der Waals surface area contributed by atoms with E-state index in [1.54, 1.807) is 23.1 Å². The van der Waals surface area contributed by atoms with Crippen molar-refractivity contribution < 1.29 is 13.2 Å². The number of amides is 1. The molecule has 0 atom stereocenters. The van der Waals surface area contributed by atoms with E-state index in [0.717, 1.165) is 16.3 Å². The zero-order chi connectivity index (χ0) is 22.1. The SMILES string of the molecule is O=C(c1cc(-c2ccccc2)n[nH]1)N1CCN(S(=O)(=O)c2ccc3ccccc3c2)CC1. The van der Waals surface area contributed by atoms with Crippen molar-refractivity contribution >= 4 is 26.7 Å². The molecule has 0 unspecified atom stereocenters. The summed E-state index contributed by atoms with van der Waals surface area (Å²) in [7, 11) is -3.62. The number of piperazine rings is 1. The summed E-state index contributed by atoms with van der Waals surface area (Å²) in [5, 5.41) is 8.94. The van der Waals surface area contributed by atoms with Crippen LogP contribution >= 0.6 is 0 Å². The monoisotopic (exact) mass is 446 g/mol. The molecular formula is C24H22N4O3S. The summed E-state index contributed by atoms with van der Waals surface area (Å²) in [4.78, 5) is 14.8. The molecule has 2 heterocycles. The molecule has 1 fully saturated rings. The van der Waals surface area contributed by atoms with Crippen molar-refractivity contribution in [3.05, 3.63) is 84.6 Å². The van der Waals surface area contributed by atoms with Crippen molar-refractivity contribution in [1.29, 1.82) is 0 Å². The number of rotatable bonds is 4. The number of aromatic nitrogens is 2. The molecule has 5 rings (SSSR count). The van der Waals surface area contributed by atoms with Gasteiger partial charge in [0.1, 0.15) is 5.69 Å². The van der Waals surface area contributed by atoms with Crippen LogP contribution in [0.2, 0.25) is 0 Å². The van der Waals surface area contributed by atoms with E-state index < -0.39 is 10.0 Å². The molecule has 0 aliphatic carbocycles. The maximum absolute atomic E-state index is 13.1. The van der Waals surface area contributed by atoms with Crippen molar-refractivity contribution in [2.75, 3.05) is 26.2 Å². The molecule has 1 aliphatic rings. The van der Waals surface area contributed by atoms with Gasteiger partial charge in [0, 0.05) is 31.7 Å². The fourth-order valence-corrected chi connectivity index (χ4v) is 5.42. The zero-order valence-electron chi connectivity index (χ0n) is 17.3. The second-order valence-electron chi connectivity index (χ2n) is 7.74. The molecule has 3 aromatic carbocycles. The van der Waals surface area contributed by atoms with Gasteiger partial charge in [-0.2, -0.15) is 9.40 Å². The smallest absolute Gasteiger partial charge is 0.271 e. The van der Waals surface area contributed by atoms with E-state index in [0.29, 0.717) is 24.5 Å². The zero-order valence-corrected chi connectivity index (χ0v) is 18.1. The van der Waals surface area contributed by atoms with E-state index in [-0.39, 0.29) is 23.9 Å². The Bertz CT molecular complexity index is 1370. The Kier molecular flexibility index (Phi) is 5.24. The largest absolute Gasteiger partial charge is 0.335 e. The maximum atomic E-state index is 13.1. The van der Waals surface area contributed by atoms with Crippen LogP contribution in [-0.4, -0.2) is 59.9 Å². The summed E-state index contributed by atoms with van der Waals surface area (Å²) < 4.78 is 27.7. The fourth-order valence-electron chi connectivity index (χ4n) is 3.97. The van der Waals surface area contributed by atoms with Crippen LogP contribution in [0.25, 0.3) is 22.0 Å². The maximum Gasteiger partial charge on any atom is 0.271 e. The lowest BCUT2D eigenvalue weighted by Crippen LogP contribution is -2.50. The van der Waals surface area contributed by atoms with E-state index >= 15 is 0 Å². The van der Waals surface area contributed by atoms with Gasteiger partial charge in [-0.05, 0) is 29.0 Å². The van der Waals surface area contributed by atoms with E-state index in [2.05, 4.69) is 10.2 Å². The van der Waals surface area contributed by atoms with Crippen molar-refractivity contribution in [2.45, 2.75) is 4.90 Å². The molecule has 32 heavy (non-hydrogen) atoms. The fraction of sp³-hybridized carbons (Fsp3) is 0.167. The third-order valence-electron chi connectivity index (χ3n) is 5.76. The number of H-pyrrole nitrogens is 1. The standard InChI is InChI=1S/C24H22N4O3S/c29-24(23-17-22(25-26-23)19-7-2-1-3-8-19)27-12-14-28(15-13-27)32(30,31)21-11-10-18-6-4-5-9-20(18)16-21/h1-11,16-17H,12-15H2,(H,25,26). The van der Waals surface area contributed by atoms with Crippen LogP contribution in [0.1, 0.15) is 10.5 Å². The first kappa shape index (κ1) is 20.4. The Hall–Kier alpha value is -3.49. The van der Waals surface area contributed by atoms with Gasteiger partial charge in [-0.15, -0.1) is 0 Å². The highest BCUT2D eigenvalue weighted by Gasteiger charge is 2.31. The Labute approximate surface area is 186 Å². The number of fused-ring (bicyclic) bond motifs is 1. The van der Waals surface area contributed by atoms with Crippen molar-refractivity contribution in [1.82, 2.24) is 19.4 Å². The Balaban J connectivity index is 1.28. The molecule has 1 amide bonds. The third-order valence-corrected chi connectivity index (χ3v) is 7.66. The van der Waals surface area contributed by atoms with Gasteiger partial charge < -0.3 is 4.90 Å². The molecule has 1 aliphatic heterocycles. The van der Waals surface area contributed by atoms with Crippen LogP contribution in [0.15, 0.2) is 83.8 Å². The van der Waals surface area contributed by atoms with Gasteiger partial charge >= 0.3 is 0 Å². The summed E-state index contributed by atoms with van der Waals surface area (Å²) in [5.41, 5.74) is 2.02. The second-order valence-corrected chi connectivity index (χ2v) is 9.68. The number of aromatic amines is 1. The lowest BCUT2D eigenvalue weighted by molar-refractivity contribution is 0.0692. The van der Waals surface area contributed by atoms with Crippen LogP contribution in [0, 0.1) is 0 Å². The van der Waals surface area contributed by atoms with Crippen LogP contribution < -0.4 is 0 Å². The molecule has 0 radical (unpaired) electrons. The van der Waals surface area contributed by atoms with Crippen molar-refractivity contribution in [3.63, 3.8) is 0 Å². The van der Waals surface area contributed by atoms with Crippen LogP contribution in [0.3, 0.4) is 0 Å². The topological polar surface area (TPSA) is 86.4 Å². The summed E-state index contributed by atoms with van der Waals surface area (Å²) >= 11 is 0. The lowest BCUT2D eigenvalue weighted by Gasteiger charge is -2.33. The Morgan fingerprint density at radius 1 is 0.812 bits per heavy atom. The van der Waals surface area contributed by atoms with Gasteiger partial charge in [0.05, 0.1) is 10.6 Å². The highest BCUT2D eigenvalue weighted by atomic mass is 32.2. The molecule has 1 saturated heterocycles. The number of hydrogen-bond acceptors (Lipinski definition) is 4. The summed E-state index contributed by atoms with van der Waals surface area (Å²) in [5.74, 6) is -0.178. The van der Waals surface area contributed by atoms with Gasteiger partial charge in [-0.1, -0.05) is 60.7 Å². The number of sulfonamides is 1. The van der Waals surface area contributed by atoms with Gasteiger partial charge in [-0.25, -0.2) is 8.42 Å². The van der Waals surface area contributed by atoms with Gasteiger partial charge in [0.15, 0.2) is 0 Å². The molecule has 0 bridgehead atoms. The molecule has 162 valence electrons. The predicted octanol–water partition coefficient (Wildman–Crippen LogP) is 3.38. The first-order chi connectivity index (χ1) is 15.5. The average molecular weight is 447 g/mol. The number of nitrogens with zero attached hydrogens (tertiary/aromatic N) is 3. The Morgan fingerprint density at radius 2 is 1.50 bits per heavy atom. The molecule has 0 saturated carbocycles. The number of hydrogen-bond donors (Lipinski definition) is 1. The molecule has 4 aromatic rings. The first-order valence-electron chi connectivity index (χ1n) is 10.4. The minimum atomic E-state index is -3.62. The first-order valence-corrected chi connectivity index (χ1v) is 11.9. The van der Waals surface area contributed by atoms with Crippen molar-refractivity contribution in [2.24, 2.45) is 0 Å². The summed E-state index contributed by atoms with van der Waals surface area (Å²) in [6, 6.07) is 24.2. The highest BCUT2D eigenvalue weighted by molar-refractivity contribution is 7.89. The van der Waals surface area contributed by atoms with Gasteiger partial charge in [0.2, 0.25) is 10.0 Å². The molecular weight excluding hydrogens is 424 g/mol. The lowest BCUT2D eigenvalue weighted by atomic mass is 10.1. The number of carbonyl (C=O) groups is 1. The van der Waals surface area contributed by atoms with Crippen LogP contribution in [0.4, 0.5) is 0 Å². The minimum Gasteiger partial charge on any atom is -0.335 e. The molecule has 1 N–H and O–H groups in total. The van der Waals surface area contributed by atoms with Gasteiger partial charge in [-0.3, -0.25) is 9.89 Å². The number of carbonyl (C=O) groups excluding carboxylic acids is 1. The summed E-state index contributed by atoms with van der Waals surface area (Å²) in [6.07, 6.45) is 0. The van der Waals surface area contributed by atoms with Crippen LogP contribution in [-0.2, 0) is 10.0 Å². The Morgan fingerprint density at radius 3 is 2.25 bits per heavy atom. The normalized spacial score (nSPS) is 15.2. The predicted molar refractivity (Wildman–Crippen MR) is 123 cm³/mol. The van der Waals surface area contributed by atoms with Crippen LogP contribution in [0.5, 0.6) is 0 Å². The third kappa shape index (κ3) is 3.79. The van der Waals surface area contributed by atoms with E-state index in [1.165, 1.54) is 4.31 Å². The minimum absolute atomic E-state index is 0.178. The molecule has 0 spiro atoms. The highest BCUT2D eigenvalue weighted by Crippen LogP contribution is 2.23. The average Bonchev–Trinajstić information content (AvgIpc) is 3.34. The van der Waals surface area contributed by atoms with Crippen molar-refractivity contribution in [3.8, 4) is 11.3 Å². The quantitative estimate of drug-likeness (QED) is 0.521. The summed E-state index contributed by atoms with van der Waals surface area (Å²) in [6.45, 7) is 1.15. The van der Waals surface area contributed by atoms with E-state index in [9.17, 15) is 13.2 Å². The second kappa shape index (κ2) is 8.22. The molecule has 1 aromatic heterocycles. The molecule has 8 heteroatoms. The van der Waals surface area contributed by atoms with Gasteiger partial charge in [0.25, 0.3) is 5.91 Å². The van der Waals surface area contributed by atoms with E-state index in [4.69, 9.17) is 0 Å². The number of nitrogens with one attached hydrogen (secondary N) is 1. The van der Waals surface area contributed by atoms with E-state index in [1.807, 2.05) is 60.7 Å². The number of benzene rings is 3.